The molecule has 5 aliphatic heterocycles. The van der Waals surface area contributed by atoms with Crippen LogP contribution < -0.4 is 4.74 Å². The van der Waals surface area contributed by atoms with Gasteiger partial charge in [0.05, 0.1) is 71.5 Å². The molecule has 2 aromatic carbocycles. The van der Waals surface area contributed by atoms with E-state index in [1.807, 2.05) is 0 Å². The van der Waals surface area contributed by atoms with Crippen LogP contribution in [0.2, 0.25) is 0 Å². The topological polar surface area (TPSA) is 364 Å². The second-order valence-corrected chi connectivity index (χ2v) is 22.9. The minimum Gasteiger partial charge on any atom is -0.507 e. The van der Waals surface area contributed by atoms with Gasteiger partial charge in [0.1, 0.15) is 66.1 Å². The molecule has 10 N–H and O–H groups in total. The van der Waals surface area contributed by atoms with Gasteiger partial charge in [-0.05, 0) is 91.3 Å². The standard InChI is InChI=1S/C56H82O25/c1-11-12-36(58)71-26(7)49(64)52(67)53(70-10)30-14-28-13-29-15-32(77-38-17-33(46(61)23(4)73-38)78-37-16-31(57)45(60)22(3)72-37)21(2)44(59)42(29)50(65)43(28)51(66)54(30)81-40-19-34(47(62)25(6)75-40)79-39-18-35(48(63)24(5)74-39)80-41-20-56(9,69)55(68)27(8)76-41/h13,15,22-27,30-31,33-35,37-41,45-49,53-55,57,59-65,68-69H,11-12,14,16-20H2,1-10H3/t22?,23?,24?,25?,26-,27?,30+,31-,33-,34-,35-,37+,38+,39+,40+,41+,45-,46-,47-,48+,49+,53+,54+,55-,56+/m1/s1. The third-order valence-electron chi connectivity index (χ3n) is 16.6. The minimum absolute atomic E-state index is 0.0203. The SMILES string of the molecule is CCCC(=O)O[C@H](C)[C@H](O)C(=O)[C@@H](OC)[C@@H]1Cc2cc3cc(O[C@H]4C[C@@H](O[C@H]5C[C@@H](O)[C@H](O)C(C)O5)[C@H](O)C(C)O4)c(C)c(O)c3c(O)c2C(=O)[C@H]1O[C@H]1C[C@@H](O[C@H]2C[C@@H](O[C@H]3C[C@](C)(O)[C@H](O)C(C)O3)[C@@H](O)C(C)O2)[C@H](O)C(C)O1. The van der Waals surface area contributed by atoms with E-state index in [-0.39, 0.29) is 78.2 Å². The van der Waals surface area contributed by atoms with Crippen LogP contribution in [-0.2, 0) is 68.1 Å². The van der Waals surface area contributed by atoms with Crippen LogP contribution >= 0.6 is 0 Å². The molecule has 6 aliphatic rings. The summed E-state index contributed by atoms with van der Waals surface area (Å²) in [4.78, 5) is 42.1. The number of phenols is 2. The number of aliphatic hydroxyl groups excluding tert-OH is 7. The Hall–Kier alpha value is -3.81. The normalized spacial score (nSPS) is 40.5. The number of carbonyl (C=O) groups is 3. The van der Waals surface area contributed by atoms with E-state index in [9.17, 15) is 60.7 Å². The van der Waals surface area contributed by atoms with Gasteiger partial charge in [0.15, 0.2) is 42.8 Å². The first-order valence-corrected chi connectivity index (χ1v) is 28.0. The lowest BCUT2D eigenvalue weighted by Gasteiger charge is -2.46. The lowest BCUT2D eigenvalue weighted by molar-refractivity contribution is -0.334. The summed E-state index contributed by atoms with van der Waals surface area (Å²) in [7, 11) is 1.19. The zero-order valence-electron chi connectivity index (χ0n) is 47.3. The number of aliphatic hydroxyl groups is 8. The molecule has 2 aromatic rings. The Bertz CT molecular complexity index is 2520. The average molecular weight is 1160 g/mol. The number of rotatable bonds is 18. The molecule has 0 spiro atoms. The highest BCUT2D eigenvalue weighted by Crippen LogP contribution is 2.48. The number of ether oxygens (including phenoxy) is 12. The minimum atomic E-state index is -1.94. The smallest absolute Gasteiger partial charge is 0.306 e. The van der Waals surface area contributed by atoms with Crippen LogP contribution in [0.25, 0.3) is 10.8 Å². The van der Waals surface area contributed by atoms with Crippen molar-refractivity contribution >= 4 is 28.3 Å². The van der Waals surface area contributed by atoms with Crippen molar-refractivity contribution in [3.8, 4) is 17.2 Å². The third-order valence-corrected chi connectivity index (χ3v) is 16.6. The zero-order valence-corrected chi connectivity index (χ0v) is 47.3. The highest BCUT2D eigenvalue weighted by atomic mass is 16.7. The van der Waals surface area contributed by atoms with Crippen molar-refractivity contribution in [2.75, 3.05) is 7.11 Å². The highest BCUT2D eigenvalue weighted by molar-refractivity contribution is 6.11. The van der Waals surface area contributed by atoms with Crippen molar-refractivity contribution in [2.45, 2.75) is 261 Å². The molecular weight excluding hydrogens is 1070 g/mol. The maximum absolute atomic E-state index is 15.2. The molecule has 25 heteroatoms. The molecule has 8 rings (SSSR count). The fourth-order valence-electron chi connectivity index (χ4n) is 11.9. The molecule has 81 heavy (non-hydrogen) atoms. The van der Waals surface area contributed by atoms with Gasteiger partial charge in [-0.3, -0.25) is 14.4 Å². The number of hydrogen-bond donors (Lipinski definition) is 10. The van der Waals surface area contributed by atoms with Crippen molar-refractivity contribution in [3.05, 3.63) is 28.8 Å². The molecule has 25 atom stereocenters. The van der Waals surface area contributed by atoms with Crippen LogP contribution in [0.15, 0.2) is 12.1 Å². The molecule has 0 aromatic heterocycles. The number of fused-ring (bicyclic) bond motifs is 2. The Morgan fingerprint density at radius 2 is 1.22 bits per heavy atom. The first kappa shape index (κ1) is 63.2. The molecule has 1 aliphatic carbocycles. The lowest BCUT2D eigenvalue weighted by Crippen LogP contribution is -2.58. The van der Waals surface area contributed by atoms with Gasteiger partial charge in [-0.25, -0.2) is 0 Å². The number of hydrogen-bond acceptors (Lipinski definition) is 25. The van der Waals surface area contributed by atoms with Crippen molar-refractivity contribution in [1.29, 1.82) is 0 Å². The number of ketones is 2. The molecule has 0 amide bonds. The van der Waals surface area contributed by atoms with Gasteiger partial charge in [0.25, 0.3) is 0 Å². The van der Waals surface area contributed by atoms with E-state index in [2.05, 4.69) is 0 Å². The van der Waals surface area contributed by atoms with Crippen LogP contribution in [0.5, 0.6) is 17.2 Å². The van der Waals surface area contributed by atoms with Crippen molar-refractivity contribution < 1.29 is 122 Å². The Morgan fingerprint density at radius 1 is 0.716 bits per heavy atom. The maximum Gasteiger partial charge on any atom is 0.306 e. The van der Waals surface area contributed by atoms with Gasteiger partial charge in [0, 0.05) is 57.1 Å². The Balaban J connectivity index is 1.07. The molecule has 5 saturated heterocycles. The summed E-state index contributed by atoms with van der Waals surface area (Å²) in [6.45, 7) is 14.0. The number of phenolic OH excluding ortho intramolecular Hbond substituents is 2. The van der Waals surface area contributed by atoms with Gasteiger partial charge in [0.2, 0.25) is 6.29 Å². The number of methoxy groups -OCH3 is 1. The maximum atomic E-state index is 15.2. The molecule has 5 fully saturated rings. The summed E-state index contributed by atoms with van der Waals surface area (Å²) in [5.41, 5.74) is -1.52. The largest absolute Gasteiger partial charge is 0.507 e. The fraction of sp³-hybridized carbons (Fsp3) is 0.768. The monoisotopic (exact) mass is 1150 g/mol. The Kier molecular flexibility index (Phi) is 20.1. The van der Waals surface area contributed by atoms with E-state index in [0.717, 1.165) is 0 Å². The Morgan fingerprint density at radius 3 is 1.77 bits per heavy atom. The molecule has 5 heterocycles. The van der Waals surface area contributed by atoms with Crippen LogP contribution in [0.3, 0.4) is 0 Å². The van der Waals surface area contributed by atoms with Crippen LogP contribution in [-0.4, -0.2) is 223 Å². The molecule has 25 nitrogen and oxygen atoms in total. The predicted molar refractivity (Wildman–Crippen MR) is 277 cm³/mol. The highest BCUT2D eigenvalue weighted by Gasteiger charge is 2.52. The van der Waals surface area contributed by atoms with Crippen molar-refractivity contribution in [3.63, 3.8) is 0 Å². The number of carbonyl (C=O) groups excluding carboxylic acids is 3. The lowest BCUT2D eigenvalue weighted by atomic mass is 9.75. The van der Waals surface area contributed by atoms with Crippen LogP contribution in [0.1, 0.15) is 122 Å². The van der Waals surface area contributed by atoms with E-state index < -0.39 is 182 Å². The summed E-state index contributed by atoms with van der Waals surface area (Å²) in [6.07, 6.45) is -26.7. The van der Waals surface area contributed by atoms with Gasteiger partial charge in [-0.1, -0.05) is 6.92 Å². The average Bonchev–Trinajstić information content (AvgIpc) is 2.71. The zero-order chi connectivity index (χ0) is 59.3. The van der Waals surface area contributed by atoms with E-state index >= 15 is 4.79 Å². The van der Waals surface area contributed by atoms with E-state index in [0.29, 0.717) is 6.42 Å². The quantitative estimate of drug-likeness (QED) is 0.0934. The molecule has 456 valence electrons. The summed E-state index contributed by atoms with van der Waals surface area (Å²) in [5.74, 6) is -4.80. The number of Topliss-reactive ketones (excluding diaryl/α,β-unsaturated/α-hetero) is 2. The van der Waals surface area contributed by atoms with Crippen LogP contribution in [0.4, 0.5) is 0 Å². The molecule has 0 bridgehead atoms. The van der Waals surface area contributed by atoms with Gasteiger partial charge < -0.3 is 108 Å². The molecular formula is C56H82O25. The second kappa shape index (κ2) is 25.8. The van der Waals surface area contributed by atoms with Crippen LogP contribution in [0, 0.1) is 12.8 Å². The van der Waals surface area contributed by atoms with E-state index in [1.54, 1.807) is 34.6 Å². The third kappa shape index (κ3) is 13.5. The van der Waals surface area contributed by atoms with E-state index in [1.165, 1.54) is 46.9 Å². The van der Waals surface area contributed by atoms with Crippen molar-refractivity contribution in [2.24, 2.45) is 5.92 Å². The van der Waals surface area contributed by atoms with Gasteiger partial charge in [-0.2, -0.15) is 0 Å². The summed E-state index contributed by atoms with van der Waals surface area (Å²) < 4.78 is 72.3. The number of aromatic hydroxyl groups is 2. The fourth-order valence-corrected chi connectivity index (χ4v) is 11.9. The van der Waals surface area contributed by atoms with Gasteiger partial charge >= 0.3 is 5.97 Å². The summed E-state index contributed by atoms with van der Waals surface area (Å²) >= 11 is 0. The summed E-state index contributed by atoms with van der Waals surface area (Å²) in [6, 6.07) is 3.03. The molecule has 0 saturated carbocycles. The van der Waals surface area contributed by atoms with E-state index in [4.69, 9.17) is 56.8 Å². The van der Waals surface area contributed by atoms with Gasteiger partial charge in [-0.15, -0.1) is 0 Å². The number of esters is 1. The number of benzene rings is 2. The first-order chi connectivity index (χ1) is 38.1. The molecule has 5 unspecified atom stereocenters. The Labute approximate surface area is 469 Å². The first-order valence-electron chi connectivity index (χ1n) is 28.0. The molecule has 0 radical (unpaired) electrons. The second-order valence-electron chi connectivity index (χ2n) is 22.9. The summed E-state index contributed by atoms with van der Waals surface area (Å²) in [5, 5.41) is 111. The predicted octanol–water partition coefficient (Wildman–Crippen LogP) is 1.10. The van der Waals surface area contributed by atoms with Crippen molar-refractivity contribution in [1.82, 2.24) is 0 Å².